The molecule has 0 aliphatic rings. The van der Waals surface area contributed by atoms with Gasteiger partial charge in [0.25, 0.3) is 0 Å². The van der Waals surface area contributed by atoms with E-state index in [1.165, 1.54) is 9.75 Å². The van der Waals surface area contributed by atoms with Crippen LogP contribution in [0, 0.1) is 6.92 Å². The van der Waals surface area contributed by atoms with Crippen LogP contribution in [0.1, 0.15) is 23.6 Å². The van der Waals surface area contributed by atoms with Crippen LogP contribution in [-0.4, -0.2) is 24.0 Å². The van der Waals surface area contributed by atoms with Crippen LogP contribution in [0.25, 0.3) is 0 Å². The van der Waals surface area contributed by atoms with Gasteiger partial charge in [-0.2, -0.15) is 0 Å². The lowest BCUT2D eigenvalue weighted by Gasteiger charge is -2.25. The molecule has 0 radical (unpaired) electrons. The molecule has 0 spiro atoms. The summed E-state index contributed by atoms with van der Waals surface area (Å²) in [5.41, 5.74) is 5.85. The highest BCUT2D eigenvalue weighted by Crippen LogP contribution is 2.17. The zero-order valence-corrected chi connectivity index (χ0v) is 11.5. The molecule has 4 heteroatoms. The molecule has 0 saturated carbocycles. The van der Waals surface area contributed by atoms with Crippen molar-refractivity contribution in [3.63, 3.8) is 0 Å². The molecule has 1 aromatic heterocycles. The average molecular weight is 249 g/mol. The summed E-state index contributed by atoms with van der Waals surface area (Å²) in [6, 6.07) is 4.36. The quantitative estimate of drug-likeness (QED) is 0.888. The molecule has 88 valence electrons. The van der Waals surface area contributed by atoms with E-state index in [1.54, 1.807) is 0 Å². The number of likely N-dealkylation sites (N-methyl/N-ethyl adjacent to an activating group) is 1. The Kier molecular flexibility index (Phi) is 5.81. The number of aryl methyl sites for hydroxylation is 1. The summed E-state index contributed by atoms with van der Waals surface area (Å²) in [5.74, 6) is 0. The lowest BCUT2D eigenvalue weighted by molar-refractivity contribution is 0.265. The highest BCUT2D eigenvalue weighted by Gasteiger charge is 2.14. The topological polar surface area (TPSA) is 29.3 Å². The van der Waals surface area contributed by atoms with Crippen molar-refractivity contribution in [1.29, 1.82) is 0 Å². The van der Waals surface area contributed by atoms with E-state index in [1.807, 2.05) is 11.3 Å². The van der Waals surface area contributed by atoms with Gasteiger partial charge in [0, 0.05) is 28.4 Å². The maximum atomic E-state index is 5.96. The summed E-state index contributed by atoms with van der Waals surface area (Å²) in [6.45, 7) is 8.18. The Morgan fingerprint density at radius 2 is 2.00 bits per heavy atom. The first kappa shape index (κ1) is 14.9. The smallest absolute Gasteiger partial charge is 0.0325 e. The maximum Gasteiger partial charge on any atom is 0.0325 e. The van der Waals surface area contributed by atoms with Crippen molar-refractivity contribution in [3.05, 3.63) is 21.9 Å². The first-order chi connectivity index (χ1) is 6.37. The van der Waals surface area contributed by atoms with Crippen molar-refractivity contribution < 1.29 is 0 Å². The number of hydrogen-bond donors (Lipinski definition) is 1. The van der Waals surface area contributed by atoms with Gasteiger partial charge in [-0.1, -0.05) is 0 Å². The van der Waals surface area contributed by atoms with Gasteiger partial charge in [-0.3, -0.25) is 4.90 Å². The zero-order chi connectivity index (χ0) is 10.8. The molecule has 0 fully saturated rings. The predicted octanol–water partition coefficient (Wildman–Crippen LogP) is 2.65. The lowest BCUT2D eigenvalue weighted by atomic mass is 10.1. The van der Waals surface area contributed by atoms with Crippen LogP contribution < -0.4 is 5.73 Å². The van der Waals surface area contributed by atoms with Gasteiger partial charge < -0.3 is 5.73 Å². The second kappa shape index (κ2) is 5.85. The second-order valence-electron chi connectivity index (χ2n) is 4.67. The molecular formula is C11H21ClN2S. The molecule has 2 nitrogen and oxygen atoms in total. The molecule has 0 aromatic carbocycles. The lowest BCUT2D eigenvalue weighted by Crippen LogP contribution is -2.43. The van der Waals surface area contributed by atoms with Crippen molar-refractivity contribution in [2.24, 2.45) is 5.73 Å². The first-order valence-electron chi connectivity index (χ1n) is 4.89. The summed E-state index contributed by atoms with van der Waals surface area (Å²) in [7, 11) is 2.11. The molecule has 0 atom stereocenters. The van der Waals surface area contributed by atoms with Gasteiger partial charge in [0.1, 0.15) is 0 Å². The minimum Gasteiger partial charge on any atom is -0.324 e. The highest BCUT2D eigenvalue weighted by molar-refractivity contribution is 7.11. The van der Waals surface area contributed by atoms with Gasteiger partial charge in [-0.15, -0.1) is 23.7 Å². The van der Waals surface area contributed by atoms with Crippen LogP contribution in [-0.2, 0) is 6.54 Å². The number of nitrogens with zero attached hydrogens (tertiary/aromatic N) is 1. The molecule has 0 saturated heterocycles. The Morgan fingerprint density at radius 3 is 2.40 bits per heavy atom. The van der Waals surface area contributed by atoms with E-state index < -0.39 is 0 Å². The minimum absolute atomic E-state index is 0. The third kappa shape index (κ3) is 6.15. The Hall–Kier alpha value is -0.0900. The van der Waals surface area contributed by atoms with Crippen molar-refractivity contribution in [2.75, 3.05) is 13.6 Å². The predicted molar refractivity (Wildman–Crippen MR) is 70.9 cm³/mol. The monoisotopic (exact) mass is 248 g/mol. The third-order valence-corrected chi connectivity index (χ3v) is 2.88. The van der Waals surface area contributed by atoms with E-state index in [9.17, 15) is 0 Å². The third-order valence-electron chi connectivity index (χ3n) is 1.90. The normalized spacial score (nSPS) is 11.6. The fourth-order valence-corrected chi connectivity index (χ4v) is 2.56. The van der Waals surface area contributed by atoms with Crippen LogP contribution in [0.4, 0.5) is 0 Å². The van der Waals surface area contributed by atoms with Crippen LogP contribution in [0.5, 0.6) is 0 Å². The summed E-state index contributed by atoms with van der Waals surface area (Å²) in [6.07, 6.45) is 0. The SMILES string of the molecule is Cc1ccc(CN(C)CC(C)(C)N)s1.Cl. The maximum absolute atomic E-state index is 5.96. The molecule has 1 rings (SSSR count). The summed E-state index contributed by atoms with van der Waals surface area (Å²) in [5, 5.41) is 0. The van der Waals surface area contributed by atoms with E-state index in [4.69, 9.17) is 5.73 Å². The first-order valence-corrected chi connectivity index (χ1v) is 5.71. The Balaban J connectivity index is 0.00000196. The van der Waals surface area contributed by atoms with Gasteiger partial charge in [0.15, 0.2) is 0 Å². The summed E-state index contributed by atoms with van der Waals surface area (Å²) in [4.78, 5) is 5.06. The van der Waals surface area contributed by atoms with E-state index in [2.05, 4.69) is 44.9 Å². The Morgan fingerprint density at radius 1 is 1.40 bits per heavy atom. The number of halogens is 1. The van der Waals surface area contributed by atoms with Crippen LogP contribution in [0.15, 0.2) is 12.1 Å². The number of hydrogen-bond acceptors (Lipinski definition) is 3. The standard InChI is InChI=1S/C11H20N2S.ClH/c1-9-5-6-10(14-9)7-13(4)8-11(2,3)12;/h5-6H,7-8,12H2,1-4H3;1H. The fourth-order valence-electron chi connectivity index (χ4n) is 1.59. The van der Waals surface area contributed by atoms with Crippen molar-refractivity contribution in [2.45, 2.75) is 32.9 Å². The molecule has 0 aliphatic carbocycles. The van der Waals surface area contributed by atoms with Crippen LogP contribution >= 0.6 is 23.7 Å². The molecular weight excluding hydrogens is 228 g/mol. The van der Waals surface area contributed by atoms with Gasteiger partial charge >= 0.3 is 0 Å². The Labute approximate surface area is 103 Å². The average Bonchev–Trinajstić information content (AvgIpc) is 2.30. The van der Waals surface area contributed by atoms with Gasteiger partial charge in [-0.25, -0.2) is 0 Å². The fraction of sp³-hybridized carbons (Fsp3) is 0.636. The summed E-state index contributed by atoms with van der Waals surface area (Å²) >= 11 is 1.86. The molecule has 1 aromatic rings. The highest BCUT2D eigenvalue weighted by atomic mass is 35.5. The number of thiophene rings is 1. The van der Waals surface area contributed by atoms with Crippen LogP contribution in [0.3, 0.4) is 0 Å². The van der Waals surface area contributed by atoms with Crippen LogP contribution in [0.2, 0.25) is 0 Å². The minimum atomic E-state index is -0.110. The van der Waals surface area contributed by atoms with E-state index >= 15 is 0 Å². The van der Waals surface area contributed by atoms with Gasteiger partial charge in [0.05, 0.1) is 0 Å². The second-order valence-corrected chi connectivity index (χ2v) is 6.05. The van der Waals surface area contributed by atoms with E-state index in [-0.39, 0.29) is 17.9 Å². The molecule has 15 heavy (non-hydrogen) atoms. The molecule has 1 heterocycles. The van der Waals surface area contributed by atoms with Crippen molar-refractivity contribution in [3.8, 4) is 0 Å². The van der Waals surface area contributed by atoms with E-state index in [0.717, 1.165) is 13.1 Å². The molecule has 2 N–H and O–H groups in total. The molecule has 0 aliphatic heterocycles. The molecule has 0 unspecified atom stereocenters. The largest absolute Gasteiger partial charge is 0.324 e. The van der Waals surface area contributed by atoms with Gasteiger partial charge in [0.2, 0.25) is 0 Å². The Bertz CT molecular complexity index is 291. The van der Waals surface area contributed by atoms with Crippen molar-refractivity contribution in [1.82, 2.24) is 4.90 Å². The molecule has 0 bridgehead atoms. The summed E-state index contributed by atoms with van der Waals surface area (Å²) < 4.78 is 0. The van der Waals surface area contributed by atoms with Gasteiger partial charge in [-0.05, 0) is 40.0 Å². The van der Waals surface area contributed by atoms with Crippen molar-refractivity contribution >= 4 is 23.7 Å². The molecule has 0 amide bonds. The number of rotatable bonds is 4. The number of nitrogens with two attached hydrogens (primary N) is 1. The zero-order valence-electron chi connectivity index (χ0n) is 9.91. The van der Waals surface area contributed by atoms with E-state index in [0.29, 0.717) is 0 Å².